The zero-order chi connectivity index (χ0) is 15.2. The van der Waals surface area contributed by atoms with Crippen LogP contribution in [0.1, 0.15) is 30.3 Å². The molecule has 1 aromatic heterocycles. The molecule has 0 saturated carbocycles. The molecule has 0 unspecified atom stereocenters. The quantitative estimate of drug-likeness (QED) is 0.886. The number of carbonyl (C=O) groups excluding carboxylic acids is 1. The molecule has 6 heteroatoms. The Balaban J connectivity index is 1.89. The van der Waals surface area contributed by atoms with Crippen LogP contribution in [0.4, 0.5) is 5.82 Å². The van der Waals surface area contributed by atoms with Crippen LogP contribution in [0.15, 0.2) is 12.1 Å². The van der Waals surface area contributed by atoms with Crippen molar-refractivity contribution in [1.82, 2.24) is 20.0 Å². The average Bonchev–Trinajstić information content (AvgIpc) is 2.50. The minimum Gasteiger partial charge on any atom is -0.369 e. The van der Waals surface area contributed by atoms with Gasteiger partial charge in [-0.05, 0) is 58.0 Å². The monoisotopic (exact) mass is 291 g/mol. The van der Waals surface area contributed by atoms with Gasteiger partial charge >= 0.3 is 0 Å². The van der Waals surface area contributed by atoms with Crippen LogP contribution in [0, 0.1) is 5.92 Å². The highest BCUT2D eigenvalue weighted by molar-refractivity contribution is 5.92. The molecule has 21 heavy (non-hydrogen) atoms. The molecule has 1 aliphatic rings. The molecule has 0 spiro atoms. The number of hydrogen-bond donors (Lipinski definition) is 1. The second-order valence-electron chi connectivity index (χ2n) is 5.77. The molecule has 0 radical (unpaired) electrons. The van der Waals surface area contributed by atoms with Gasteiger partial charge in [-0.3, -0.25) is 4.79 Å². The lowest BCUT2D eigenvalue weighted by molar-refractivity contribution is 0.0740. The molecular formula is C15H25N5O. The Bertz CT molecular complexity index is 454. The molecule has 2 rings (SSSR count). The molecule has 0 aromatic carbocycles. The summed E-state index contributed by atoms with van der Waals surface area (Å²) in [6.45, 7) is 5.81. The van der Waals surface area contributed by atoms with Crippen LogP contribution < -0.4 is 5.32 Å². The Hall–Kier alpha value is -1.69. The summed E-state index contributed by atoms with van der Waals surface area (Å²) in [7, 11) is 3.99. The first-order chi connectivity index (χ1) is 10.1. The lowest BCUT2D eigenvalue weighted by Gasteiger charge is -2.31. The highest BCUT2D eigenvalue weighted by Gasteiger charge is 2.21. The van der Waals surface area contributed by atoms with Gasteiger partial charge in [0.2, 0.25) is 0 Å². The van der Waals surface area contributed by atoms with Crippen molar-refractivity contribution < 1.29 is 4.79 Å². The van der Waals surface area contributed by atoms with Crippen molar-refractivity contribution in [2.45, 2.75) is 19.8 Å². The summed E-state index contributed by atoms with van der Waals surface area (Å²) in [5.74, 6) is 1.24. The van der Waals surface area contributed by atoms with Gasteiger partial charge in [-0.2, -0.15) is 0 Å². The van der Waals surface area contributed by atoms with Crippen LogP contribution in [-0.4, -0.2) is 66.2 Å². The van der Waals surface area contributed by atoms with E-state index in [0.29, 0.717) is 17.4 Å². The van der Waals surface area contributed by atoms with E-state index in [1.165, 1.54) is 0 Å². The van der Waals surface area contributed by atoms with Crippen molar-refractivity contribution in [2.24, 2.45) is 5.92 Å². The van der Waals surface area contributed by atoms with Gasteiger partial charge < -0.3 is 15.1 Å². The molecule has 116 valence electrons. The molecule has 0 bridgehead atoms. The van der Waals surface area contributed by atoms with Gasteiger partial charge in [-0.25, -0.2) is 0 Å². The van der Waals surface area contributed by atoms with E-state index >= 15 is 0 Å². The molecule has 0 atom stereocenters. The topological polar surface area (TPSA) is 61.4 Å². The summed E-state index contributed by atoms with van der Waals surface area (Å²) in [6.07, 6.45) is 2.30. The van der Waals surface area contributed by atoms with Gasteiger partial charge in [0, 0.05) is 20.1 Å². The number of amides is 1. The number of aromatic nitrogens is 2. The lowest BCUT2D eigenvalue weighted by atomic mass is 9.96. The smallest absolute Gasteiger partial charge is 0.274 e. The van der Waals surface area contributed by atoms with E-state index in [4.69, 9.17) is 0 Å². The number of anilines is 1. The largest absolute Gasteiger partial charge is 0.369 e. The lowest BCUT2D eigenvalue weighted by Crippen LogP contribution is -2.38. The first-order valence-corrected chi connectivity index (χ1v) is 7.61. The second-order valence-corrected chi connectivity index (χ2v) is 5.77. The molecule has 1 amide bonds. The van der Waals surface area contributed by atoms with Gasteiger partial charge in [-0.15, -0.1) is 10.2 Å². The fourth-order valence-corrected chi connectivity index (χ4v) is 2.63. The summed E-state index contributed by atoms with van der Waals surface area (Å²) in [5, 5.41) is 11.1. The molecule has 1 fully saturated rings. The van der Waals surface area contributed by atoms with Gasteiger partial charge in [0.25, 0.3) is 5.91 Å². The maximum Gasteiger partial charge on any atom is 0.274 e. The molecule has 0 aliphatic carbocycles. The average molecular weight is 291 g/mol. The van der Waals surface area contributed by atoms with Crippen LogP contribution in [-0.2, 0) is 0 Å². The number of hydrogen-bond acceptors (Lipinski definition) is 5. The van der Waals surface area contributed by atoms with E-state index < -0.39 is 0 Å². The summed E-state index contributed by atoms with van der Waals surface area (Å²) >= 11 is 0. The SMILES string of the molecule is CCNc1ccc(C(=O)N(C)CC2CCN(C)CC2)nn1. The Morgan fingerprint density at radius 3 is 2.67 bits per heavy atom. The predicted octanol–water partition coefficient (Wildman–Crippen LogP) is 1.32. The van der Waals surface area contributed by atoms with E-state index in [1.54, 1.807) is 17.0 Å². The van der Waals surface area contributed by atoms with Crippen LogP contribution >= 0.6 is 0 Å². The Morgan fingerprint density at radius 1 is 1.38 bits per heavy atom. The minimum absolute atomic E-state index is 0.0514. The Morgan fingerprint density at radius 2 is 2.10 bits per heavy atom. The van der Waals surface area contributed by atoms with Gasteiger partial charge in [0.1, 0.15) is 5.82 Å². The summed E-state index contributed by atoms with van der Waals surface area (Å²) < 4.78 is 0. The third kappa shape index (κ3) is 4.39. The van der Waals surface area contributed by atoms with Crippen molar-refractivity contribution >= 4 is 11.7 Å². The summed E-state index contributed by atoms with van der Waals surface area (Å²) in [5.41, 5.74) is 0.409. The molecule has 1 N–H and O–H groups in total. The zero-order valence-corrected chi connectivity index (χ0v) is 13.2. The zero-order valence-electron chi connectivity index (χ0n) is 13.2. The van der Waals surface area contributed by atoms with Crippen LogP contribution in [0.25, 0.3) is 0 Å². The third-order valence-electron chi connectivity index (χ3n) is 3.96. The standard InChI is InChI=1S/C15H25N5O/c1-4-16-14-6-5-13(17-18-14)15(21)20(3)11-12-7-9-19(2)10-8-12/h5-6,12H,4,7-11H2,1-3H3,(H,16,18). The van der Waals surface area contributed by atoms with Crippen molar-refractivity contribution in [1.29, 1.82) is 0 Å². The molecule has 2 heterocycles. The molecular weight excluding hydrogens is 266 g/mol. The fraction of sp³-hybridized carbons (Fsp3) is 0.667. The predicted molar refractivity (Wildman–Crippen MR) is 83.4 cm³/mol. The van der Waals surface area contributed by atoms with Gasteiger partial charge in [-0.1, -0.05) is 0 Å². The summed E-state index contributed by atoms with van der Waals surface area (Å²) in [6, 6.07) is 3.53. The maximum atomic E-state index is 12.3. The van der Waals surface area contributed by atoms with E-state index in [-0.39, 0.29) is 5.91 Å². The van der Waals surface area contributed by atoms with Crippen molar-refractivity contribution in [2.75, 3.05) is 45.6 Å². The molecule has 6 nitrogen and oxygen atoms in total. The molecule has 1 aromatic rings. The van der Waals surface area contributed by atoms with Gasteiger partial charge in [0.15, 0.2) is 5.69 Å². The van der Waals surface area contributed by atoms with E-state index in [2.05, 4.69) is 27.5 Å². The normalized spacial score (nSPS) is 16.7. The van der Waals surface area contributed by atoms with E-state index in [9.17, 15) is 4.79 Å². The highest BCUT2D eigenvalue weighted by atomic mass is 16.2. The number of rotatable bonds is 5. The minimum atomic E-state index is -0.0514. The van der Waals surface area contributed by atoms with E-state index in [0.717, 1.165) is 39.0 Å². The van der Waals surface area contributed by atoms with Crippen molar-refractivity contribution in [3.8, 4) is 0 Å². The fourth-order valence-electron chi connectivity index (χ4n) is 2.63. The number of likely N-dealkylation sites (tertiary alicyclic amines) is 1. The Labute approximate surface area is 126 Å². The number of nitrogens with zero attached hydrogens (tertiary/aromatic N) is 4. The van der Waals surface area contributed by atoms with Crippen LogP contribution in [0.3, 0.4) is 0 Å². The van der Waals surface area contributed by atoms with Crippen molar-refractivity contribution in [3.63, 3.8) is 0 Å². The third-order valence-corrected chi connectivity index (χ3v) is 3.96. The second kappa shape index (κ2) is 7.36. The number of piperidine rings is 1. The molecule has 1 aliphatic heterocycles. The maximum absolute atomic E-state index is 12.3. The number of nitrogens with one attached hydrogen (secondary N) is 1. The first kappa shape index (κ1) is 15.7. The summed E-state index contributed by atoms with van der Waals surface area (Å²) in [4.78, 5) is 16.5. The first-order valence-electron chi connectivity index (χ1n) is 7.61. The van der Waals surface area contributed by atoms with Crippen LogP contribution in [0.5, 0.6) is 0 Å². The molecule has 1 saturated heterocycles. The van der Waals surface area contributed by atoms with E-state index in [1.807, 2.05) is 14.0 Å². The Kier molecular flexibility index (Phi) is 5.50. The van der Waals surface area contributed by atoms with Crippen LogP contribution in [0.2, 0.25) is 0 Å². The highest BCUT2D eigenvalue weighted by Crippen LogP contribution is 2.17. The van der Waals surface area contributed by atoms with Crippen molar-refractivity contribution in [3.05, 3.63) is 17.8 Å². The van der Waals surface area contributed by atoms with Gasteiger partial charge in [0.05, 0.1) is 0 Å². The number of carbonyl (C=O) groups is 1.